The van der Waals surface area contributed by atoms with Crippen LogP contribution in [0.3, 0.4) is 0 Å². The van der Waals surface area contributed by atoms with E-state index in [9.17, 15) is 0 Å². The van der Waals surface area contributed by atoms with Crippen LogP contribution < -0.4 is 0 Å². The lowest BCUT2D eigenvalue weighted by Crippen LogP contribution is -1.95. The Kier molecular flexibility index (Phi) is 5.51. The minimum Gasteiger partial charge on any atom is -0.316 e. The maximum atomic E-state index is 5.05. The fourth-order valence-corrected chi connectivity index (χ4v) is 7.13. The van der Waals surface area contributed by atoms with E-state index in [1.54, 1.807) is 0 Å². The van der Waals surface area contributed by atoms with E-state index in [2.05, 4.69) is 161 Å². The van der Waals surface area contributed by atoms with Crippen molar-refractivity contribution in [3.8, 4) is 33.9 Å². The summed E-state index contributed by atoms with van der Waals surface area (Å²) in [7, 11) is 0. The normalized spacial score (nSPS) is 11.8. The summed E-state index contributed by atoms with van der Waals surface area (Å²) in [5.74, 6) is 0.703. The van der Waals surface area contributed by atoms with E-state index in [0.717, 1.165) is 33.7 Å². The molecule has 0 saturated carbocycles. The van der Waals surface area contributed by atoms with E-state index in [1.165, 1.54) is 43.5 Å². The fourth-order valence-electron chi connectivity index (χ4n) is 7.13. The van der Waals surface area contributed by atoms with Crippen LogP contribution in [0.5, 0.6) is 0 Å². The molecule has 0 aliphatic carbocycles. The highest BCUT2D eigenvalue weighted by molar-refractivity contribution is 6.18. The van der Waals surface area contributed by atoms with Crippen LogP contribution in [0.1, 0.15) is 0 Å². The molecule has 0 N–H and O–H groups in total. The highest BCUT2D eigenvalue weighted by atomic mass is 15.3. The van der Waals surface area contributed by atoms with E-state index in [0.29, 0.717) is 5.82 Å². The molecule has 6 aromatic carbocycles. The van der Waals surface area contributed by atoms with Gasteiger partial charge in [-0.3, -0.25) is 0 Å². The lowest BCUT2D eigenvalue weighted by atomic mass is 10.0. The van der Waals surface area contributed by atoms with Crippen LogP contribution in [0.15, 0.2) is 164 Å². The molecule has 0 aliphatic rings. The SMILES string of the molecule is c1ccc(-n2ccc3c2ccc2c4ccccc4n(-c4ccc(-c5nc6c(-c7ccc8ccccc8c7)cccn6n5)cc4)c23)cc1. The summed E-state index contributed by atoms with van der Waals surface area (Å²) >= 11 is 0. The summed E-state index contributed by atoms with van der Waals surface area (Å²) in [6, 6.07) is 53.7. The van der Waals surface area contributed by atoms with Crippen molar-refractivity contribution >= 4 is 49.1 Å². The Morgan fingerprint density at radius 2 is 1.26 bits per heavy atom. The van der Waals surface area contributed by atoms with Gasteiger partial charge in [-0.15, -0.1) is 5.10 Å². The zero-order valence-corrected chi connectivity index (χ0v) is 25.3. The number of benzene rings is 6. The lowest BCUT2D eigenvalue weighted by Gasteiger charge is -2.10. The topological polar surface area (TPSA) is 40.0 Å². The monoisotopic (exact) mass is 601 g/mol. The molecule has 0 saturated heterocycles. The average molecular weight is 602 g/mol. The van der Waals surface area contributed by atoms with Gasteiger partial charge in [0.05, 0.1) is 16.6 Å². The first-order chi connectivity index (χ1) is 23.3. The van der Waals surface area contributed by atoms with Gasteiger partial charge in [-0.2, -0.15) is 0 Å². The second kappa shape index (κ2) is 10.0. The fraction of sp³-hybridized carbons (Fsp3) is 0. The maximum Gasteiger partial charge on any atom is 0.182 e. The summed E-state index contributed by atoms with van der Waals surface area (Å²) < 4.78 is 6.54. The Morgan fingerprint density at radius 3 is 2.15 bits per heavy atom. The van der Waals surface area contributed by atoms with E-state index in [4.69, 9.17) is 10.1 Å². The first-order valence-electron chi connectivity index (χ1n) is 15.8. The highest BCUT2D eigenvalue weighted by Crippen LogP contribution is 2.38. The molecule has 10 aromatic rings. The Hall–Kier alpha value is -6.46. The van der Waals surface area contributed by atoms with Crippen molar-refractivity contribution in [2.75, 3.05) is 0 Å². The third-order valence-corrected chi connectivity index (χ3v) is 9.34. The molecule has 220 valence electrons. The number of hydrogen-bond donors (Lipinski definition) is 0. The molecule has 0 bridgehead atoms. The van der Waals surface area contributed by atoms with Crippen LogP contribution >= 0.6 is 0 Å². The van der Waals surface area contributed by atoms with Crippen molar-refractivity contribution in [1.29, 1.82) is 0 Å². The molecule has 0 atom stereocenters. The smallest absolute Gasteiger partial charge is 0.182 e. The van der Waals surface area contributed by atoms with E-state index in [-0.39, 0.29) is 0 Å². The average Bonchev–Trinajstić information content (AvgIpc) is 3.86. The number of hydrogen-bond acceptors (Lipinski definition) is 2. The number of aromatic nitrogens is 5. The Balaban J connectivity index is 1.10. The molecule has 4 heterocycles. The second-order valence-electron chi connectivity index (χ2n) is 12.0. The van der Waals surface area contributed by atoms with Crippen molar-refractivity contribution in [1.82, 2.24) is 23.7 Å². The van der Waals surface area contributed by atoms with Gasteiger partial charge in [-0.05, 0) is 89.1 Å². The van der Waals surface area contributed by atoms with Crippen LogP contribution in [0.2, 0.25) is 0 Å². The van der Waals surface area contributed by atoms with Gasteiger partial charge in [0.1, 0.15) is 0 Å². The summed E-state index contributed by atoms with van der Waals surface area (Å²) in [6.07, 6.45) is 4.14. The maximum absolute atomic E-state index is 5.05. The van der Waals surface area contributed by atoms with E-state index >= 15 is 0 Å². The third kappa shape index (κ3) is 3.97. The Morgan fingerprint density at radius 1 is 0.468 bits per heavy atom. The quantitative estimate of drug-likeness (QED) is 0.201. The van der Waals surface area contributed by atoms with Crippen molar-refractivity contribution in [2.24, 2.45) is 0 Å². The van der Waals surface area contributed by atoms with Gasteiger partial charge in [-0.1, -0.05) is 78.9 Å². The van der Waals surface area contributed by atoms with Crippen molar-refractivity contribution in [3.05, 3.63) is 164 Å². The minimum absolute atomic E-state index is 0.703. The molecule has 0 aliphatic heterocycles. The first kappa shape index (κ1) is 25.8. The molecule has 0 amide bonds. The van der Waals surface area contributed by atoms with Crippen LogP contribution in [0, 0.1) is 0 Å². The zero-order chi connectivity index (χ0) is 30.9. The zero-order valence-electron chi connectivity index (χ0n) is 25.3. The molecule has 0 radical (unpaired) electrons. The van der Waals surface area contributed by atoms with Crippen molar-refractivity contribution in [2.45, 2.75) is 0 Å². The molecule has 5 heteroatoms. The molecule has 0 spiro atoms. The van der Waals surface area contributed by atoms with Crippen LogP contribution in [0.4, 0.5) is 0 Å². The summed E-state index contributed by atoms with van der Waals surface area (Å²) in [5, 5.41) is 11.0. The van der Waals surface area contributed by atoms with Gasteiger partial charge < -0.3 is 9.13 Å². The lowest BCUT2D eigenvalue weighted by molar-refractivity contribution is 0.966. The van der Waals surface area contributed by atoms with Gasteiger partial charge in [0.25, 0.3) is 0 Å². The van der Waals surface area contributed by atoms with Gasteiger partial charge in [0, 0.05) is 51.1 Å². The number of para-hydroxylation sites is 2. The second-order valence-corrected chi connectivity index (χ2v) is 12.0. The highest BCUT2D eigenvalue weighted by Gasteiger charge is 2.18. The van der Waals surface area contributed by atoms with Gasteiger partial charge in [0.15, 0.2) is 11.5 Å². The van der Waals surface area contributed by atoms with Crippen LogP contribution in [-0.2, 0) is 0 Å². The van der Waals surface area contributed by atoms with Crippen LogP contribution in [-0.4, -0.2) is 23.7 Å². The Labute approximate surface area is 270 Å². The molecule has 47 heavy (non-hydrogen) atoms. The third-order valence-electron chi connectivity index (χ3n) is 9.34. The predicted molar refractivity (Wildman–Crippen MR) is 193 cm³/mol. The first-order valence-corrected chi connectivity index (χ1v) is 15.8. The van der Waals surface area contributed by atoms with E-state index < -0.39 is 0 Å². The number of pyridine rings is 1. The molecule has 0 fully saturated rings. The molecule has 4 aromatic heterocycles. The number of rotatable bonds is 4. The molecule has 10 rings (SSSR count). The van der Waals surface area contributed by atoms with Gasteiger partial charge in [0.2, 0.25) is 0 Å². The number of fused-ring (bicyclic) bond motifs is 7. The summed E-state index contributed by atoms with van der Waals surface area (Å²) in [5.41, 5.74) is 9.82. The Bertz CT molecular complexity index is 2780. The standard InChI is InChI=1S/C42H27N5/c1-2-11-32(12-3-1)45-26-24-37-38(45)23-22-36-35-13-6-7-15-39(35)47(40(36)37)33-20-18-29(19-21-33)41-43-42-34(14-8-25-46(42)44-41)31-17-16-28-9-4-5-10-30(28)27-31/h1-27H. The summed E-state index contributed by atoms with van der Waals surface area (Å²) in [4.78, 5) is 5.05. The molecule has 0 unspecified atom stereocenters. The summed E-state index contributed by atoms with van der Waals surface area (Å²) in [6.45, 7) is 0. The van der Waals surface area contributed by atoms with E-state index in [1.807, 2.05) is 16.8 Å². The minimum atomic E-state index is 0.703. The molecular formula is C42H27N5. The van der Waals surface area contributed by atoms with Crippen molar-refractivity contribution < 1.29 is 0 Å². The van der Waals surface area contributed by atoms with Gasteiger partial charge in [-0.25, -0.2) is 9.50 Å². The predicted octanol–water partition coefficient (Wildman–Crippen LogP) is 10.3. The number of nitrogens with zero attached hydrogens (tertiary/aromatic N) is 5. The van der Waals surface area contributed by atoms with Crippen LogP contribution in [0.25, 0.3) is 83.0 Å². The van der Waals surface area contributed by atoms with Gasteiger partial charge >= 0.3 is 0 Å². The molecular weight excluding hydrogens is 574 g/mol. The largest absolute Gasteiger partial charge is 0.316 e. The van der Waals surface area contributed by atoms with Crippen molar-refractivity contribution in [3.63, 3.8) is 0 Å². The molecule has 5 nitrogen and oxygen atoms in total.